The number of nitrogens with one attached hydrogen (secondary N) is 2. The zero-order valence-electron chi connectivity index (χ0n) is 20.5. The molecule has 0 saturated heterocycles. The third-order valence-corrected chi connectivity index (χ3v) is 6.82. The van der Waals surface area contributed by atoms with Crippen molar-refractivity contribution in [2.45, 2.75) is 32.2 Å². The molecule has 10 heteroatoms. The molecule has 2 aromatic carbocycles. The van der Waals surface area contributed by atoms with Crippen molar-refractivity contribution in [2.75, 3.05) is 13.1 Å². The average Bonchev–Trinajstić information content (AvgIpc) is 3.36. The summed E-state index contributed by atoms with van der Waals surface area (Å²) in [6, 6.07) is 14.8. The topological polar surface area (TPSA) is 86.0 Å². The number of carbonyl (C=O) groups is 1. The van der Waals surface area contributed by atoms with Crippen LogP contribution in [0.3, 0.4) is 0 Å². The minimum Gasteiger partial charge on any atom is -0.358 e. The molecule has 2 N–H and O–H groups in total. The highest BCUT2D eigenvalue weighted by Crippen LogP contribution is 2.31. The Hall–Kier alpha value is -3.22. The first-order valence-electron chi connectivity index (χ1n) is 11.8. The molecule has 1 unspecified atom stereocenters. The van der Waals surface area contributed by atoms with Gasteiger partial charge in [0.25, 0.3) is 5.91 Å². The number of carbonyl (C=O) groups excluding carboxylic acids is 1. The molecule has 37 heavy (non-hydrogen) atoms. The largest absolute Gasteiger partial charge is 0.358 e. The average molecular weight is 556 g/mol. The predicted molar refractivity (Wildman–Crippen MR) is 151 cm³/mol. The second-order valence-electron chi connectivity index (χ2n) is 8.28. The summed E-state index contributed by atoms with van der Waals surface area (Å²) in [5.74, 6) is -0.933. The highest BCUT2D eigenvalue weighted by Gasteiger charge is 2.32. The summed E-state index contributed by atoms with van der Waals surface area (Å²) in [7, 11) is 0. The highest BCUT2D eigenvalue weighted by atomic mass is 35.5. The molecule has 1 heterocycles. The van der Waals surface area contributed by atoms with E-state index in [1.807, 2.05) is 35.8 Å². The van der Waals surface area contributed by atoms with Gasteiger partial charge in [0.2, 0.25) is 0 Å². The maximum atomic E-state index is 14.1. The number of nitrogens with zero attached hydrogens (tertiary/aromatic N) is 4. The molecule has 0 spiro atoms. The van der Waals surface area contributed by atoms with E-state index in [4.69, 9.17) is 40.7 Å². The standard InChI is InChI=1S/C27H28Cl2N6OS/c1-3-12-32-27(37)35(33-13-4-2)26(36)22(14-21-6-5-7-23(28)25(21)29)24-16-31-18-34(24)17-20-10-8-19(15-30)9-11-20/h3,5-11,16,18,22,33H,1,4,12-14,17H2,2H3,(H,32,37). The van der Waals surface area contributed by atoms with Crippen LogP contribution in [0.5, 0.6) is 0 Å². The lowest BCUT2D eigenvalue weighted by Gasteiger charge is -2.29. The predicted octanol–water partition coefficient (Wildman–Crippen LogP) is 5.24. The molecule has 3 aromatic rings. The highest BCUT2D eigenvalue weighted by molar-refractivity contribution is 7.80. The van der Waals surface area contributed by atoms with Crippen molar-refractivity contribution in [3.63, 3.8) is 0 Å². The number of amides is 1. The number of rotatable bonds is 11. The SMILES string of the molecule is C=CCNC(=S)N(NCCC)C(=O)C(Cc1cccc(Cl)c1Cl)c1cncn1Cc1ccc(C#N)cc1. The van der Waals surface area contributed by atoms with Gasteiger partial charge in [-0.2, -0.15) is 5.26 Å². The van der Waals surface area contributed by atoms with E-state index >= 15 is 0 Å². The molecule has 1 atom stereocenters. The maximum Gasteiger partial charge on any atom is 0.252 e. The van der Waals surface area contributed by atoms with E-state index < -0.39 is 5.92 Å². The summed E-state index contributed by atoms with van der Waals surface area (Å²) in [5.41, 5.74) is 6.12. The molecule has 0 fully saturated rings. The van der Waals surface area contributed by atoms with Crippen LogP contribution in [-0.4, -0.2) is 38.7 Å². The molecule has 1 aromatic heterocycles. The summed E-state index contributed by atoms with van der Waals surface area (Å²) >= 11 is 18.3. The molecule has 0 aliphatic heterocycles. The Morgan fingerprint density at radius 1 is 1.30 bits per heavy atom. The molecule has 1 amide bonds. The Labute approximate surface area is 232 Å². The number of aromatic nitrogens is 2. The quantitative estimate of drug-likeness (QED) is 0.191. The van der Waals surface area contributed by atoms with Gasteiger partial charge in [-0.05, 0) is 54.4 Å². The maximum absolute atomic E-state index is 14.1. The zero-order chi connectivity index (χ0) is 26.8. The number of hydrazine groups is 1. The van der Waals surface area contributed by atoms with Gasteiger partial charge in [-0.1, -0.05) is 60.5 Å². The summed E-state index contributed by atoms with van der Waals surface area (Å²) < 4.78 is 1.92. The molecule has 3 rings (SSSR count). The number of thiocarbonyl (C=S) groups is 1. The number of hydrogen-bond acceptors (Lipinski definition) is 5. The molecule has 7 nitrogen and oxygen atoms in total. The van der Waals surface area contributed by atoms with Gasteiger partial charge in [0.15, 0.2) is 5.11 Å². The summed E-state index contributed by atoms with van der Waals surface area (Å²) in [4.78, 5) is 18.4. The van der Waals surface area contributed by atoms with Gasteiger partial charge >= 0.3 is 0 Å². The van der Waals surface area contributed by atoms with E-state index in [-0.39, 0.29) is 17.4 Å². The zero-order valence-corrected chi connectivity index (χ0v) is 22.8. The monoisotopic (exact) mass is 554 g/mol. The van der Waals surface area contributed by atoms with E-state index in [0.29, 0.717) is 40.9 Å². The van der Waals surface area contributed by atoms with Gasteiger partial charge in [0, 0.05) is 25.8 Å². The Morgan fingerprint density at radius 3 is 2.73 bits per heavy atom. The first-order chi connectivity index (χ1) is 17.9. The van der Waals surface area contributed by atoms with Crippen molar-refractivity contribution < 1.29 is 4.79 Å². The van der Waals surface area contributed by atoms with Crippen molar-refractivity contribution in [3.8, 4) is 6.07 Å². The summed E-state index contributed by atoms with van der Waals surface area (Å²) in [6.07, 6.45) is 6.12. The number of nitriles is 1. The van der Waals surface area contributed by atoms with E-state index in [2.05, 4.69) is 28.4 Å². The summed E-state index contributed by atoms with van der Waals surface area (Å²) in [5, 5.41) is 14.6. The fraction of sp³-hybridized carbons (Fsp3) is 0.259. The molecular weight excluding hydrogens is 527 g/mol. The second-order valence-corrected chi connectivity index (χ2v) is 9.45. The van der Waals surface area contributed by atoms with E-state index in [9.17, 15) is 4.79 Å². The minimum atomic E-state index is -0.676. The third-order valence-electron chi connectivity index (χ3n) is 5.63. The van der Waals surface area contributed by atoms with Crippen LogP contribution < -0.4 is 10.7 Å². The number of imidazole rings is 1. The lowest BCUT2D eigenvalue weighted by atomic mass is 9.95. The van der Waals surface area contributed by atoms with Gasteiger partial charge in [-0.25, -0.2) is 15.4 Å². The first-order valence-corrected chi connectivity index (χ1v) is 12.9. The van der Waals surface area contributed by atoms with Crippen molar-refractivity contribution in [1.29, 1.82) is 5.26 Å². The van der Waals surface area contributed by atoms with Crippen molar-refractivity contribution in [2.24, 2.45) is 0 Å². The molecule has 0 aliphatic carbocycles. The van der Waals surface area contributed by atoms with Gasteiger partial charge < -0.3 is 9.88 Å². The van der Waals surface area contributed by atoms with Crippen LogP contribution in [0.1, 0.15) is 41.6 Å². The molecule has 0 bridgehead atoms. The van der Waals surface area contributed by atoms with Gasteiger partial charge in [0.05, 0.1) is 39.6 Å². The summed E-state index contributed by atoms with van der Waals surface area (Å²) in [6.45, 7) is 7.15. The van der Waals surface area contributed by atoms with Crippen LogP contribution in [0, 0.1) is 11.3 Å². The Balaban J connectivity index is 2.02. The Bertz CT molecular complexity index is 1280. The molecule has 0 radical (unpaired) electrons. The van der Waals surface area contributed by atoms with Crippen LogP contribution in [-0.2, 0) is 17.8 Å². The Morgan fingerprint density at radius 2 is 2.05 bits per heavy atom. The lowest BCUT2D eigenvalue weighted by Crippen LogP contribution is -2.53. The molecular formula is C27H28Cl2N6OS. The fourth-order valence-corrected chi connectivity index (χ4v) is 4.38. The Kier molecular flexibility index (Phi) is 10.7. The minimum absolute atomic E-state index is 0.249. The van der Waals surface area contributed by atoms with Gasteiger partial charge in [-0.15, -0.1) is 6.58 Å². The van der Waals surface area contributed by atoms with Crippen LogP contribution in [0.25, 0.3) is 0 Å². The normalized spacial score (nSPS) is 11.4. The lowest BCUT2D eigenvalue weighted by molar-refractivity contribution is -0.131. The van der Waals surface area contributed by atoms with Crippen molar-refractivity contribution >= 4 is 46.4 Å². The van der Waals surface area contributed by atoms with Crippen LogP contribution in [0.2, 0.25) is 10.0 Å². The smallest absolute Gasteiger partial charge is 0.252 e. The van der Waals surface area contributed by atoms with E-state index in [0.717, 1.165) is 17.5 Å². The van der Waals surface area contributed by atoms with Gasteiger partial charge in [-0.3, -0.25) is 4.79 Å². The third kappa shape index (κ3) is 7.40. The van der Waals surface area contributed by atoms with Crippen molar-refractivity contribution in [3.05, 3.63) is 100 Å². The molecule has 0 aliphatic rings. The fourth-order valence-electron chi connectivity index (χ4n) is 3.75. The van der Waals surface area contributed by atoms with Crippen LogP contribution >= 0.6 is 35.4 Å². The van der Waals surface area contributed by atoms with Crippen LogP contribution in [0.15, 0.2) is 67.6 Å². The first kappa shape index (κ1) is 28.4. The molecule has 0 saturated carbocycles. The second kappa shape index (κ2) is 13.9. The van der Waals surface area contributed by atoms with E-state index in [1.54, 1.807) is 36.8 Å². The number of hydrogen-bond donors (Lipinski definition) is 2. The number of benzene rings is 2. The number of halogens is 2. The van der Waals surface area contributed by atoms with Crippen molar-refractivity contribution in [1.82, 2.24) is 25.3 Å². The van der Waals surface area contributed by atoms with Gasteiger partial charge in [0.1, 0.15) is 0 Å². The van der Waals surface area contributed by atoms with E-state index in [1.165, 1.54) is 5.01 Å². The molecule has 192 valence electrons. The van der Waals surface area contributed by atoms with Crippen LogP contribution in [0.4, 0.5) is 0 Å².